The number of para-hydroxylation sites is 1. The van der Waals surface area contributed by atoms with Crippen LogP contribution in [0.1, 0.15) is 10.5 Å². The van der Waals surface area contributed by atoms with Gasteiger partial charge in [-0.25, -0.2) is 4.98 Å². The maximum absolute atomic E-state index is 11.0. The topological polar surface area (TPSA) is 71.8 Å². The van der Waals surface area contributed by atoms with Crippen molar-refractivity contribution in [2.45, 2.75) is 0 Å². The van der Waals surface area contributed by atoms with Crippen LogP contribution in [0.5, 0.6) is 0 Å². The Balaban J connectivity index is 2.38. The van der Waals surface area contributed by atoms with Gasteiger partial charge in [0.05, 0.1) is 5.52 Å². The predicted octanol–water partition coefficient (Wildman–Crippen LogP) is 1.81. The van der Waals surface area contributed by atoms with Crippen LogP contribution in [0, 0.1) is 0 Å². The molecule has 2 heterocycles. The van der Waals surface area contributed by atoms with Crippen molar-refractivity contribution in [3.05, 3.63) is 42.1 Å². The fraction of sp³-hybridized carbons (Fsp3) is 0. The molecule has 1 aromatic carbocycles. The third-order valence-electron chi connectivity index (χ3n) is 2.57. The molecule has 2 aromatic heterocycles. The van der Waals surface area contributed by atoms with Gasteiger partial charge in [0.1, 0.15) is 11.3 Å². The number of nitrogens with two attached hydrogens (primary N) is 1. The summed E-state index contributed by atoms with van der Waals surface area (Å²) in [5.41, 5.74) is 7.18. The van der Waals surface area contributed by atoms with Crippen molar-refractivity contribution in [1.29, 1.82) is 0 Å². The zero-order valence-corrected chi connectivity index (χ0v) is 8.40. The number of benzene rings is 1. The van der Waals surface area contributed by atoms with E-state index in [1.54, 1.807) is 6.07 Å². The first-order valence-corrected chi connectivity index (χ1v) is 4.92. The van der Waals surface area contributed by atoms with Crippen LogP contribution in [0.2, 0.25) is 0 Å². The van der Waals surface area contributed by atoms with E-state index in [0.717, 1.165) is 16.3 Å². The molecule has 0 unspecified atom stereocenters. The minimum absolute atomic E-state index is 0.387. The first kappa shape index (κ1) is 8.91. The Morgan fingerprint density at radius 1 is 1.19 bits per heavy atom. The van der Waals surface area contributed by atoms with Crippen molar-refractivity contribution in [3.8, 4) is 0 Å². The smallest absolute Gasteiger partial charge is 0.265 e. The van der Waals surface area contributed by atoms with Crippen molar-refractivity contribution < 1.29 is 4.79 Å². The van der Waals surface area contributed by atoms with Crippen LogP contribution in [0.3, 0.4) is 0 Å². The highest BCUT2D eigenvalue weighted by atomic mass is 16.1. The molecule has 0 saturated heterocycles. The molecule has 0 aliphatic rings. The predicted molar refractivity (Wildman–Crippen MR) is 62.1 cm³/mol. The quantitative estimate of drug-likeness (QED) is 0.644. The van der Waals surface area contributed by atoms with Crippen LogP contribution in [-0.2, 0) is 0 Å². The summed E-state index contributed by atoms with van der Waals surface area (Å²) in [7, 11) is 0. The molecule has 0 spiro atoms. The number of hydrogen-bond acceptors (Lipinski definition) is 2. The number of carbonyl (C=O) groups excluding carboxylic acids is 1. The Bertz CT molecular complexity index is 647. The second kappa shape index (κ2) is 3.06. The van der Waals surface area contributed by atoms with E-state index in [2.05, 4.69) is 9.97 Å². The third-order valence-corrected chi connectivity index (χ3v) is 2.57. The summed E-state index contributed by atoms with van der Waals surface area (Å²) in [6.07, 6.45) is 0. The lowest BCUT2D eigenvalue weighted by molar-refractivity contribution is 0.0996. The van der Waals surface area contributed by atoms with Crippen LogP contribution in [0.25, 0.3) is 21.9 Å². The Morgan fingerprint density at radius 3 is 2.81 bits per heavy atom. The zero-order valence-electron chi connectivity index (χ0n) is 8.40. The summed E-state index contributed by atoms with van der Waals surface area (Å²) < 4.78 is 0. The van der Waals surface area contributed by atoms with E-state index in [1.165, 1.54) is 0 Å². The molecule has 3 aromatic rings. The first-order valence-electron chi connectivity index (χ1n) is 4.92. The number of hydrogen-bond donors (Lipinski definition) is 2. The molecule has 4 nitrogen and oxygen atoms in total. The molecule has 1 amide bonds. The molecule has 0 saturated carbocycles. The number of pyridine rings is 1. The maximum atomic E-state index is 11.0. The van der Waals surface area contributed by atoms with Crippen molar-refractivity contribution in [2.75, 3.05) is 0 Å². The monoisotopic (exact) mass is 211 g/mol. The van der Waals surface area contributed by atoms with Gasteiger partial charge < -0.3 is 10.7 Å². The summed E-state index contributed by atoms with van der Waals surface area (Å²) in [6.45, 7) is 0. The highest BCUT2D eigenvalue weighted by molar-refractivity contribution is 5.99. The molecule has 0 radical (unpaired) electrons. The van der Waals surface area contributed by atoms with E-state index in [4.69, 9.17) is 5.73 Å². The molecule has 3 rings (SSSR count). The van der Waals surface area contributed by atoms with Crippen molar-refractivity contribution in [3.63, 3.8) is 0 Å². The number of primary amides is 1. The van der Waals surface area contributed by atoms with Gasteiger partial charge in [0.15, 0.2) is 0 Å². The van der Waals surface area contributed by atoms with Crippen molar-refractivity contribution in [2.24, 2.45) is 5.73 Å². The van der Waals surface area contributed by atoms with Gasteiger partial charge in [-0.15, -0.1) is 0 Å². The number of rotatable bonds is 1. The maximum Gasteiger partial charge on any atom is 0.265 e. The number of aromatic amines is 1. The highest BCUT2D eigenvalue weighted by Crippen LogP contribution is 2.19. The molecule has 0 aliphatic heterocycles. The fourth-order valence-electron chi connectivity index (χ4n) is 1.79. The minimum atomic E-state index is -0.470. The van der Waals surface area contributed by atoms with Gasteiger partial charge in [-0.05, 0) is 18.2 Å². The van der Waals surface area contributed by atoms with Crippen LogP contribution < -0.4 is 5.73 Å². The van der Waals surface area contributed by atoms with Gasteiger partial charge in [0, 0.05) is 10.8 Å². The second-order valence-corrected chi connectivity index (χ2v) is 3.67. The van der Waals surface area contributed by atoms with E-state index >= 15 is 0 Å². The average Bonchev–Trinajstić information content (AvgIpc) is 2.68. The molecule has 16 heavy (non-hydrogen) atoms. The number of aromatic nitrogens is 2. The molecular weight excluding hydrogens is 202 g/mol. The SMILES string of the molecule is NC(=O)c1cc2cc3ccccc3nc2[nH]1. The van der Waals surface area contributed by atoms with Gasteiger partial charge in [-0.1, -0.05) is 18.2 Å². The molecule has 0 atom stereocenters. The summed E-state index contributed by atoms with van der Waals surface area (Å²) in [4.78, 5) is 18.3. The van der Waals surface area contributed by atoms with Gasteiger partial charge in [-0.2, -0.15) is 0 Å². The lowest BCUT2D eigenvalue weighted by Crippen LogP contribution is -2.10. The molecule has 0 fully saturated rings. The van der Waals surface area contributed by atoms with Gasteiger partial charge in [-0.3, -0.25) is 4.79 Å². The molecule has 0 aliphatic carbocycles. The largest absolute Gasteiger partial charge is 0.364 e. The summed E-state index contributed by atoms with van der Waals surface area (Å²) >= 11 is 0. The van der Waals surface area contributed by atoms with E-state index in [1.807, 2.05) is 30.3 Å². The van der Waals surface area contributed by atoms with E-state index in [0.29, 0.717) is 11.3 Å². The normalized spacial score (nSPS) is 11.0. The molecule has 3 N–H and O–H groups in total. The molecular formula is C12H9N3O. The number of fused-ring (bicyclic) bond motifs is 2. The van der Waals surface area contributed by atoms with Gasteiger partial charge >= 0.3 is 0 Å². The lowest BCUT2D eigenvalue weighted by atomic mass is 10.2. The third kappa shape index (κ3) is 1.24. The van der Waals surface area contributed by atoms with Crippen LogP contribution in [-0.4, -0.2) is 15.9 Å². The summed E-state index contributed by atoms with van der Waals surface area (Å²) in [5, 5.41) is 1.94. The number of amides is 1. The lowest BCUT2D eigenvalue weighted by Gasteiger charge is -1.95. The second-order valence-electron chi connectivity index (χ2n) is 3.67. The number of H-pyrrole nitrogens is 1. The molecule has 78 valence electrons. The Labute approximate surface area is 91.1 Å². The van der Waals surface area contributed by atoms with Gasteiger partial charge in [0.2, 0.25) is 0 Å². The van der Waals surface area contributed by atoms with Gasteiger partial charge in [0.25, 0.3) is 5.91 Å². The summed E-state index contributed by atoms with van der Waals surface area (Å²) in [5.74, 6) is -0.470. The standard InChI is InChI=1S/C12H9N3O/c13-11(16)10-6-8-5-7-3-1-2-4-9(7)14-12(8)15-10/h1-6H,(H2,13,16)(H,14,15). The Kier molecular flexibility index (Phi) is 1.71. The first-order chi connectivity index (χ1) is 7.74. The number of carbonyl (C=O) groups is 1. The van der Waals surface area contributed by atoms with Crippen LogP contribution in [0.15, 0.2) is 36.4 Å². The number of nitrogens with one attached hydrogen (secondary N) is 1. The summed E-state index contributed by atoms with van der Waals surface area (Å²) in [6, 6.07) is 11.5. The van der Waals surface area contributed by atoms with Crippen LogP contribution in [0.4, 0.5) is 0 Å². The van der Waals surface area contributed by atoms with E-state index in [9.17, 15) is 4.79 Å². The van der Waals surface area contributed by atoms with E-state index < -0.39 is 5.91 Å². The Hall–Kier alpha value is -2.36. The van der Waals surface area contributed by atoms with E-state index in [-0.39, 0.29) is 0 Å². The highest BCUT2D eigenvalue weighted by Gasteiger charge is 2.07. The molecule has 4 heteroatoms. The molecule has 0 bridgehead atoms. The Morgan fingerprint density at radius 2 is 2.00 bits per heavy atom. The average molecular weight is 211 g/mol. The van der Waals surface area contributed by atoms with Crippen molar-refractivity contribution in [1.82, 2.24) is 9.97 Å². The van der Waals surface area contributed by atoms with Crippen LogP contribution >= 0.6 is 0 Å². The number of nitrogens with zero attached hydrogens (tertiary/aromatic N) is 1. The zero-order chi connectivity index (χ0) is 11.1. The van der Waals surface area contributed by atoms with Crippen molar-refractivity contribution >= 4 is 27.8 Å². The minimum Gasteiger partial charge on any atom is -0.364 e. The fourth-order valence-corrected chi connectivity index (χ4v) is 1.79.